The molecule has 0 atom stereocenters. The van der Waals surface area contributed by atoms with E-state index < -0.39 is 0 Å². The molecule has 1 rings (SSSR count). The lowest BCUT2D eigenvalue weighted by atomic mass is 10.1. The number of carbonyl (C=O) groups excluding carboxylic acids is 1. The van der Waals surface area contributed by atoms with Gasteiger partial charge in [0.2, 0.25) is 5.91 Å². The molecule has 1 fully saturated rings. The van der Waals surface area contributed by atoms with Gasteiger partial charge in [-0.3, -0.25) is 4.79 Å². The van der Waals surface area contributed by atoms with E-state index in [0.717, 1.165) is 19.5 Å². The lowest BCUT2D eigenvalue weighted by Crippen LogP contribution is -2.34. The third-order valence-electron chi connectivity index (χ3n) is 2.16. The maximum absolute atomic E-state index is 11.4. The molecule has 0 aliphatic carbocycles. The summed E-state index contributed by atoms with van der Waals surface area (Å²) in [6.07, 6.45) is 8.19. The van der Waals surface area contributed by atoms with Crippen LogP contribution in [0.2, 0.25) is 0 Å². The molecule has 0 unspecified atom stereocenters. The Morgan fingerprint density at radius 1 is 1.33 bits per heavy atom. The molecule has 0 aromatic rings. The normalized spacial score (nSPS) is 18.6. The Kier molecular flexibility index (Phi) is 3.85. The van der Waals surface area contributed by atoms with Crippen molar-refractivity contribution in [3.8, 4) is 0 Å². The average Bonchev–Trinajstić information content (AvgIpc) is 2.15. The molecular formula is C10H17NO. The second-order valence-corrected chi connectivity index (χ2v) is 3.20. The molecule has 0 aromatic carbocycles. The molecule has 1 saturated heterocycles. The summed E-state index contributed by atoms with van der Waals surface area (Å²) in [6, 6.07) is 0. The fourth-order valence-corrected chi connectivity index (χ4v) is 1.44. The smallest absolute Gasteiger partial charge is 0.246 e. The lowest BCUT2D eigenvalue weighted by Gasteiger charge is -2.25. The van der Waals surface area contributed by atoms with Crippen LogP contribution in [0.25, 0.3) is 0 Å². The Labute approximate surface area is 74.2 Å². The van der Waals surface area contributed by atoms with Crippen LogP contribution in [0, 0.1) is 0 Å². The van der Waals surface area contributed by atoms with E-state index in [-0.39, 0.29) is 5.91 Å². The van der Waals surface area contributed by atoms with Crippen LogP contribution in [-0.2, 0) is 4.79 Å². The maximum Gasteiger partial charge on any atom is 0.246 e. The minimum atomic E-state index is 0.191. The Morgan fingerprint density at radius 2 is 2.00 bits per heavy atom. The highest BCUT2D eigenvalue weighted by Crippen LogP contribution is 2.08. The molecule has 2 nitrogen and oxygen atoms in total. The molecule has 0 N–H and O–H groups in total. The predicted molar refractivity (Wildman–Crippen MR) is 49.9 cm³/mol. The van der Waals surface area contributed by atoms with Gasteiger partial charge in [-0.05, 0) is 31.8 Å². The molecule has 1 amide bonds. The van der Waals surface area contributed by atoms with Gasteiger partial charge in [-0.2, -0.15) is 0 Å². The van der Waals surface area contributed by atoms with Crippen molar-refractivity contribution in [1.29, 1.82) is 0 Å². The monoisotopic (exact) mass is 167 g/mol. The van der Waals surface area contributed by atoms with E-state index in [1.165, 1.54) is 19.3 Å². The first-order valence-corrected chi connectivity index (χ1v) is 4.80. The Hall–Kier alpha value is -0.790. The van der Waals surface area contributed by atoms with E-state index >= 15 is 0 Å². The molecule has 0 saturated carbocycles. The maximum atomic E-state index is 11.4. The van der Waals surface area contributed by atoms with Gasteiger partial charge in [0.1, 0.15) is 0 Å². The highest BCUT2D eigenvalue weighted by atomic mass is 16.2. The van der Waals surface area contributed by atoms with Crippen LogP contribution in [0.3, 0.4) is 0 Å². The van der Waals surface area contributed by atoms with Crippen LogP contribution in [0.15, 0.2) is 12.2 Å². The second-order valence-electron chi connectivity index (χ2n) is 3.20. The quantitative estimate of drug-likeness (QED) is 0.576. The van der Waals surface area contributed by atoms with E-state index in [1.807, 2.05) is 17.9 Å². The molecule has 2 heteroatoms. The van der Waals surface area contributed by atoms with Gasteiger partial charge in [0.25, 0.3) is 0 Å². The van der Waals surface area contributed by atoms with Gasteiger partial charge in [-0.15, -0.1) is 0 Å². The van der Waals surface area contributed by atoms with Crippen molar-refractivity contribution >= 4 is 5.91 Å². The minimum absolute atomic E-state index is 0.191. The van der Waals surface area contributed by atoms with Crippen molar-refractivity contribution in [3.63, 3.8) is 0 Å². The fourth-order valence-electron chi connectivity index (χ4n) is 1.44. The van der Waals surface area contributed by atoms with Gasteiger partial charge in [-0.1, -0.05) is 13.0 Å². The average molecular weight is 167 g/mol. The largest absolute Gasteiger partial charge is 0.339 e. The summed E-state index contributed by atoms with van der Waals surface area (Å²) in [7, 11) is 0. The van der Waals surface area contributed by atoms with Crippen LogP contribution >= 0.6 is 0 Å². The number of carbonyl (C=O) groups is 1. The van der Waals surface area contributed by atoms with Crippen molar-refractivity contribution in [2.24, 2.45) is 0 Å². The summed E-state index contributed by atoms with van der Waals surface area (Å²) in [5.41, 5.74) is 0. The zero-order valence-electron chi connectivity index (χ0n) is 7.75. The van der Waals surface area contributed by atoms with Crippen molar-refractivity contribution in [1.82, 2.24) is 4.90 Å². The molecule has 0 aromatic heterocycles. The first-order valence-electron chi connectivity index (χ1n) is 4.80. The van der Waals surface area contributed by atoms with Crippen LogP contribution in [0.1, 0.15) is 32.6 Å². The van der Waals surface area contributed by atoms with Gasteiger partial charge in [0.05, 0.1) is 0 Å². The molecule has 12 heavy (non-hydrogen) atoms. The summed E-state index contributed by atoms with van der Waals surface area (Å²) in [6.45, 7) is 3.94. The van der Waals surface area contributed by atoms with Crippen LogP contribution in [0.4, 0.5) is 0 Å². The topological polar surface area (TPSA) is 20.3 Å². The zero-order valence-corrected chi connectivity index (χ0v) is 7.75. The predicted octanol–water partition coefficient (Wildman–Crippen LogP) is 1.97. The molecule has 1 aliphatic rings. The van der Waals surface area contributed by atoms with E-state index in [0.29, 0.717) is 0 Å². The zero-order chi connectivity index (χ0) is 8.81. The standard InChI is InChI=1S/C10H17NO/c1-2-3-7-10(12)11-8-5-4-6-9-11/h3,7H,2,4-6,8-9H2,1H3/b7-3+. The van der Waals surface area contributed by atoms with E-state index in [9.17, 15) is 4.79 Å². The van der Waals surface area contributed by atoms with Gasteiger partial charge in [0, 0.05) is 13.1 Å². The summed E-state index contributed by atoms with van der Waals surface area (Å²) in [4.78, 5) is 13.3. The van der Waals surface area contributed by atoms with Crippen molar-refractivity contribution in [2.45, 2.75) is 32.6 Å². The highest BCUT2D eigenvalue weighted by molar-refractivity contribution is 5.87. The molecule has 68 valence electrons. The molecule has 1 heterocycles. The van der Waals surface area contributed by atoms with Crippen molar-refractivity contribution in [2.75, 3.05) is 13.1 Å². The second kappa shape index (κ2) is 4.96. The molecule has 0 spiro atoms. The van der Waals surface area contributed by atoms with Gasteiger partial charge < -0.3 is 4.90 Å². The van der Waals surface area contributed by atoms with E-state index in [2.05, 4.69) is 0 Å². The fraction of sp³-hybridized carbons (Fsp3) is 0.700. The summed E-state index contributed by atoms with van der Waals surface area (Å²) >= 11 is 0. The number of allylic oxidation sites excluding steroid dienone is 1. The van der Waals surface area contributed by atoms with Crippen LogP contribution < -0.4 is 0 Å². The molecular weight excluding hydrogens is 150 g/mol. The third-order valence-corrected chi connectivity index (χ3v) is 2.16. The number of hydrogen-bond donors (Lipinski definition) is 0. The minimum Gasteiger partial charge on any atom is -0.339 e. The van der Waals surface area contributed by atoms with E-state index in [4.69, 9.17) is 0 Å². The molecule has 0 bridgehead atoms. The third kappa shape index (κ3) is 2.68. The Bertz CT molecular complexity index is 169. The Balaban J connectivity index is 2.34. The van der Waals surface area contributed by atoms with Crippen molar-refractivity contribution < 1.29 is 4.79 Å². The SMILES string of the molecule is CC/C=C/C(=O)N1CCCCC1. The number of rotatable bonds is 2. The van der Waals surface area contributed by atoms with Crippen LogP contribution in [-0.4, -0.2) is 23.9 Å². The summed E-state index contributed by atoms with van der Waals surface area (Å²) < 4.78 is 0. The number of piperidine rings is 1. The molecule has 1 aliphatic heterocycles. The molecule has 0 radical (unpaired) electrons. The van der Waals surface area contributed by atoms with Crippen LogP contribution in [0.5, 0.6) is 0 Å². The number of likely N-dealkylation sites (tertiary alicyclic amines) is 1. The number of hydrogen-bond acceptors (Lipinski definition) is 1. The summed E-state index contributed by atoms with van der Waals surface area (Å²) in [5.74, 6) is 0.191. The number of amides is 1. The lowest BCUT2D eigenvalue weighted by molar-refractivity contribution is -0.126. The van der Waals surface area contributed by atoms with Gasteiger partial charge in [0.15, 0.2) is 0 Å². The van der Waals surface area contributed by atoms with E-state index in [1.54, 1.807) is 6.08 Å². The highest BCUT2D eigenvalue weighted by Gasteiger charge is 2.12. The van der Waals surface area contributed by atoms with Crippen molar-refractivity contribution in [3.05, 3.63) is 12.2 Å². The van der Waals surface area contributed by atoms with Gasteiger partial charge in [-0.25, -0.2) is 0 Å². The van der Waals surface area contributed by atoms with Gasteiger partial charge >= 0.3 is 0 Å². The summed E-state index contributed by atoms with van der Waals surface area (Å²) in [5, 5.41) is 0. The first kappa shape index (κ1) is 9.30. The first-order chi connectivity index (χ1) is 5.84. The number of nitrogens with zero attached hydrogens (tertiary/aromatic N) is 1. The Morgan fingerprint density at radius 3 is 2.58 bits per heavy atom.